The number of carbonyl (C=O) groups is 3. The Kier molecular flexibility index (Phi) is 8.76. The van der Waals surface area contributed by atoms with Crippen molar-refractivity contribution in [1.82, 2.24) is 0 Å². The van der Waals surface area contributed by atoms with Crippen LogP contribution in [0.4, 0.5) is 0 Å². The molecule has 0 aliphatic rings. The van der Waals surface area contributed by atoms with Gasteiger partial charge in [-0.3, -0.25) is 4.79 Å². The number of hydrogen-bond donors (Lipinski definition) is 4. The number of carboxylic acid groups (broad SMARTS) is 1. The summed E-state index contributed by atoms with van der Waals surface area (Å²) in [5, 5.41) is 9.33. The number of benzene rings is 1. The zero-order chi connectivity index (χ0) is 18.8. The fraction of sp³-hybridized carbons (Fsp3) is 0.471. The van der Waals surface area contributed by atoms with Gasteiger partial charge in [-0.25, -0.2) is 9.59 Å². The van der Waals surface area contributed by atoms with Crippen molar-refractivity contribution < 1.29 is 24.2 Å². The fourth-order valence-corrected chi connectivity index (χ4v) is 2.27. The standard InChI is InChI=1S/C17H25N3O5/c18-9-5-4-8-13(19)16(23)25-17(24)14(20)12(15(21)22)10-11-6-2-1-3-7-11/h1-3,6-7,12-14H,4-5,8-10,18-20H2,(H,21,22)/t12?,13-,14-/m0/s1. The van der Waals surface area contributed by atoms with Crippen molar-refractivity contribution in [2.45, 2.75) is 37.8 Å². The number of hydrogen-bond acceptors (Lipinski definition) is 7. The van der Waals surface area contributed by atoms with E-state index in [1.54, 1.807) is 30.3 Å². The quantitative estimate of drug-likeness (QED) is 0.256. The van der Waals surface area contributed by atoms with Crippen LogP contribution in [0.3, 0.4) is 0 Å². The Morgan fingerprint density at radius 2 is 1.68 bits per heavy atom. The van der Waals surface area contributed by atoms with Crippen LogP contribution in [0.25, 0.3) is 0 Å². The number of esters is 2. The molecule has 1 aromatic rings. The highest BCUT2D eigenvalue weighted by Crippen LogP contribution is 2.14. The van der Waals surface area contributed by atoms with Crippen molar-refractivity contribution in [2.24, 2.45) is 23.1 Å². The average Bonchev–Trinajstić information content (AvgIpc) is 2.59. The molecule has 0 aliphatic carbocycles. The highest BCUT2D eigenvalue weighted by Gasteiger charge is 2.34. The molecule has 0 radical (unpaired) electrons. The van der Waals surface area contributed by atoms with Crippen molar-refractivity contribution in [3.63, 3.8) is 0 Å². The minimum Gasteiger partial charge on any atom is -0.481 e. The van der Waals surface area contributed by atoms with Crippen LogP contribution in [-0.4, -0.2) is 41.6 Å². The average molecular weight is 351 g/mol. The molecule has 0 amide bonds. The van der Waals surface area contributed by atoms with Gasteiger partial charge in [-0.2, -0.15) is 0 Å². The first-order chi connectivity index (χ1) is 11.9. The maximum atomic E-state index is 12.0. The SMILES string of the molecule is NCCCC[C@H](N)C(=O)OC(=O)[C@@H](N)C(Cc1ccccc1)C(=O)O. The molecular formula is C17H25N3O5. The van der Waals surface area contributed by atoms with E-state index in [4.69, 9.17) is 17.2 Å². The second-order valence-corrected chi connectivity index (χ2v) is 5.79. The molecule has 0 bridgehead atoms. The third kappa shape index (κ3) is 7.00. The minimum absolute atomic E-state index is 0.0448. The van der Waals surface area contributed by atoms with Gasteiger partial charge in [0.15, 0.2) is 0 Å². The van der Waals surface area contributed by atoms with E-state index in [2.05, 4.69) is 4.74 Å². The summed E-state index contributed by atoms with van der Waals surface area (Å²) in [6, 6.07) is 6.30. The maximum absolute atomic E-state index is 12.0. The first kappa shape index (κ1) is 20.8. The Morgan fingerprint density at radius 1 is 1.04 bits per heavy atom. The van der Waals surface area contributed by atoms with Gasteiger partial charge in [0.05, 0.1) is 5.92 Å². The van der Waals surface area contributed by atoms with Crippen LogP contribution in [0.5, 0.6) is 0 Å². The van der Waals surface area contributed by atoms with Crippen LogP contribution in [0, 0.1) is 5.92 Å². The first-order valence-corrected chi connectivity index (χ1v) is 8.10. The first-order valence-electron chi connectivity index (χ1n) is 8.10. The van der Waals surface area contributed by atoms with E-state index < -0.39 is 35.9 Å². The van der Waals surface area contributed by atoms with E-state index in [0.717, 1.165) is 0 Å². The van der Waals surface area contributed by atoms with Gasteiger partial charge in [-0.05, 0) is 31.4 Å². The summed E-state index contributed by atoms with van der Waals surface area (Å²) in [4.78, 5) is 35.3. The molecule has 0 saturated carbocycles. The minimum atomic E-state index is -1.47. The Hall–Kier alpha value is -2.29. The highest BCUT2D eigenvalue weighted by atomic mass is 16.6. The van der Waals surface area contributed by atoms with Crippen molar-refractivity contribution in [3.8, 4) is 0 Å². The van der Waals surface area contributed by atoms with E-state index in [0.29, 0.717) is 31.4 Å². The fourth-order valence-electron chi connectivity index (χ4n) is 2.27. The van der Waals surface area contributed by atoms with Gasteiger partial charge >= 0.3 is 17.9 Å². The number of unbranched alkanes of at least 4 members (excludes halogenated alkanes) is 1. The summed E-state index contributed by atoms with van der Waals surface area (Å²) < 4.78 is 4.65. The van der Waals surface area contributed by atoms with Crippen LogP contribution >= 0.6 is 0 Å². The van der Waals surface area contributed by atoms with E-state index in [9.17, 15) is 19.5 Å². The Bertz CT molecular complexity index is 579. The molecule has 0 saturated heterocycles. The van der Waals surface area contributed by atoms with Gasteiger partial charge in [-0.15, -0.1) is 0 Å². The number of aliphatic carboxylic acids is 1. The third-order valence-electron chi connectivity index (χ3n) is 3.79. The number of carboxylic acids is 1. The number of nitrogens with two attached hydrogens (primary N) is 3. The second-order valence-electron chi connectivity index (χ2n) is 5.79. The smallest absolute Gasteiger partial charge is 0.331 e. The molecule has 1 rings (SSSR count). The molecule has 138 valence electrons. The van der Waals surface area contributed by atoms with Crippen molar-refractivity contribution >= 4 is 17.9 Å². The predicted molar refractivity (Wildman–Crippen MR) is 91.2 cm³/mol. The number of rotatable bonds is 10. The molecule has 0 aliphatic heterocycles. The summed E-state index contributed by atoms with van der Waals surface area (Å²) in [5.74, 6) is -4.46. The summed E-state index contributed by atoms with van der Waals surface area (Å²) in [7, 11) is 0. The molecule has 0 heterocycles. The lowest BCUT2D eigenvalue weighted by atomic mass is 9.92. The zero-order valence-electron chi connectivity index (χ0n) is 14.0. The van der Waals surface area contributed by atoms with Gasteiger partial charge in [-0.1, -0.05) is 36.8 Å². The molecule has 8 nitrogen and oxygen atoms in total. The highest BCUT2D eigenvalue weighted by molar-refractivity contribution is 5.93. The van der Waals surface area contributed by atoms with E-state index in [1.807, 2.05) is 0 Å². The van der Waals surface area contributed by atoms with E-state index in [-0.39, 0.29) is 6.42 Å². The summed E-state index contributed by atoms with van der Waals surface area (Å²) in [6.45, 7) is 0.478. The topological polar surface area (TPSA) is 159 Å². The van der Waals surface area contributed by atoms with E-state index >= 15 is 0 Å². The second kappa shape index (κ2) is 10.5. The zero-order valence-corrected chi connectivity index (χ0v) is 14.0. The lowest BCUT2D eigenvalue weighted by Crippen LogP contribution is -2.46. The van der Waals surface area contributed by atoms with Crippen LogP contribution in [-0.2, 0) is 25.5 Å². The van der Waals surface area contributed by atoms with Crippen LogP contribution in [0.15, 0.2) is 30.3 Å². The predicted octanol–water partition coefficient (Wildman–Crippen LogP) is -0.217. The molecule has 0 fully saturated rings. The summed E-state index contributed by atoms with van der Waals surface area (Å²) in [5.41, 5.74) is 17.4. The molecule has 1 aromatic carbocycles. The lowest BCUT2D eigenvalue weighted by molar-refractivity contribution is -0.164. The summed E-state index contributed by atoms with van der Waals surface area (Å²) in [6.07, 6.45) is 1.69. The summed E-state index contributed by atoms with van der Waals surface area (Å²) >= 11 is 0. The van der Waals surface area contributed by atoms with Crippen LogP contribution in [0.2, 0.25) is 0 Å². The maximum Gasteiger partial charge on any atom is 0.331 e. The van der Waals surface area contributed by atoms with Gasteiger partial charge in [0, 0.05) is 0 Å². The van der Waals surface area contributed by atoms with Gasteiger partial charge in [0.25, 0.3) is 0 Å². The number of carbonyl (C=O) groups excluding carboxylic acids is 2. The molecule has 0 aromatic heterocycles. The molecule has 25 heavy (non-hydrogen) atoms. The normalized spacial score (nSPS) is 14.4. The Balaban J connectivity index is 2.64. The molecule has 3 atom stereocenters. The third-order valence-corrected chi connectivity index (χ3v) is 3.79. The van der Waals surface area contributed by atoms with Gasteiger partial charge in [0.2, 0.25) is 0 Å². The van der Waals surface area contributed by atoms with E-state index in [1.165, 1.54) is 0 Å². The Labute approximate surface area is 146 Å². The largest absolute Gasteiger partial charge is 0.481 e. The molecular weight excluding hydrogens is 326 g/mol. The van der Waals surface area contributed by atoms with Crippen molar-refractivity contribution in [2.75, 3.05) is 6.54 Å². The molecule has 0 spiro atoms. The molecule has 7 N–H and O–H groups in total. The molecule has 8 heteroatoms. The van der Waals surface area contributed by atoms with Gasteiger partial charge in [0.1, 0.15) is 12.1 Å². The van der Waals surface area contributed by atoms with Gasteiger partial charge < -0.3 is 27.0 Å². The monoisotopic (exact) mass is 351 g/mol. The van der Waals surface area contributed by atoms with Crippen molar-refractivity contribution in [3.05, 3.63) is 35.9 Å². The lowest BCUT2D eigenvalue weighted by Gasteiger charge is -2.19. The Morgan fingerprint density at radius 3 is 2.24 bits per heavy atom. The molecule has 1 unspecified atom stereocenters. The van der Waals surface area contributed by atoms with Crippen molar-refractivity contribution in [1.29, 1.82) is 0 Å². The number of ether oxygens (including phenoxy) is 1. The van der Waals surface area contributed by atoms with Crippen LogP contribution < -0.4 is 17.2 Å². The van der Waals surface area contributed by atoms with Crippen LogP contribution in [0.1, 0.15) is 24.8 Å².